The van der Waals surface area contributed by atoms with Gasteiger partial charge in [0.15, 0.2) is 6.10 Å². The van der Waals surface area contributed by atoms with Gasteiger partial charge in [-0.15, -0.1) is 0 Å². The fourth-order valence-electron chi connectivity index (χ4n) is 3.42. The molecule has 0 bridgehead atoms. The Balaban J connectivity index is 1.69. The van der Waals surface area contributed by atoms with Gasteiger partial charge in [-0.2, -0.15) is 0 Å². The predicted octanol–water partition coefficient (Wildman–Crippen LogP) is 4.70. The zero-order valence-electron chi connectivity index (χ0n) is 16.7. The van der Waals surface area contributed by atoms with Crippen LogP contribution < -0.4 is 0 Å². The molecule has 2 aromatic rings. The molecule has 5 heteroatoms. The number of carbonyl (C=O) groups is 1. The van der Waals surface area contributed by atoms with Gasteiger partial charge in [-0.25, -0.2) is 4.39 Å². The third kappa shape index (κ3) is 5.18. The lowest BCUT2D eigenvalue weighted by Gasteiger charge is -2.26. The fourth-order valence-corrected chi connectivity index (χ4v) is 3.42. The summed E-state index contributed by atoms with van der Waals surface area (Å²) in [5.41, 5.74) is 3.91. The maximum absolute atomic E-state index is 13.6. The van der Waals surface area contributed by atoms with E-state index in [1.54, 1.807) is 11.0 Å². The van der Waals surface area contributed by atoms with E-state index in [1.165, 1.54) is 12.1 Å². The van der Waals surface area contributed by atoms with Crippen LogP contribution in [0.15, 0.2) is 53.7 Å². The first-order valence-corrected chi connectivity index (χ1v) is 9.73. The molecular formula is C23H27FN2O2. The second-order valence-corrected chi connectivity index (χ2v) is 7.79. The molecule has 0 spiro atoms. The van der Waals surface area contributed by atoms with E-state index in [0.29, 0.717) is 25.9 Å². The zero-order valence-corrected chi connectivity index (χ0v) is 16.7. The number of nitrogens with zero attached hydrogens (tertiary/aromatic N) is 2. The summed E-state index contributed by atoms with van der Waals surface area (Å²) >= 11 is 0. The molecule has 0 aliphatic carbocycles. The van der Waals surface area contributed by atoms with Gasteiger partial charge in [0.2, 0.25) is 5.91 Å². The van der Waals surface area contributed by atoms with Crippen molar-refractivity contribution in [1.29, 1.82) is 0 Å². The van der Waals surface area contributed by atoms with Gasteiger partial charge in [-0.1, -0.05) is 55.4 Å². The smallest absolute Gasteiger partial charge is 0.223 e. The maximum Gasteiger partial charge on any atom is 0.223 e. The second kappa shape index (κ2) is 9.00. The number of hydrogen-bond acceptors (Lipinski definition) is 3. The molecular weight excluding hydrogens is 355 g/mol. The van der Waals surface area contributed by atoms with Crippen LogP contribution in [0.3, 0.4) is 0 Å². The first kappa shape index (κ1) is 20.1. The van der Waals surface area contributed by atoms with Crippen molar-refractivity contribution in [2.45, 2.75) is 46.3 Å². The quantitative estimate of drug-likeness (QED) is 0.696. The van der Waals surface area contributed by atoms with E-state index >= 15 is 0 Å². The third-order valence-corrected chi connectivity index (χ3v) is 4.81. The second-order valence-electron chi connectivity index (χ2n) is 7.79. The Morgan fingerprint density at radius 1 is 1.25 bits per heavy atom. The van der Waals surface area contributed by atoms with E-state index in [0.717, 1.165) is 22.4 Å². The molecule has 0 N–H and O–H groups in total. The lowest BCUT2D eigenvalue weighted by atomic mass is 10.00. The van der Waals surface area contributed by atoms with Crippen LogP contribution in [0.25, 0.3) is 0 Å². The van der Waals surface area contributed by atoms with Crippen molar-refractivity contribution < 1.29 is 14.0 Å². The maximum atomic E-state index is 13.6. The van der Waals surface area contributed by atoms with Gasteiger partial charge in [0.25, 0.3) is 0 Å². The van der Waals surface area contributed by atoms with Gasteiger partial charge < -0.3 is 9.74 Å². The first-order chi connectivity index (χ1) is 13.4. The van der Waals surface area contributed by atoms with E-state index in [1.807, 2.05) is 51.1 Å². The SMILES string of the molecule is Cc1ccccc1C1=NO[C@@H](CN(Cc2cccc(F)c2)C(=O)CC(C)C)C1. The fraction of sp³-hybridized carbons (Fsp3) is 0.391. The van der Waals surface area contributed by atoms with Crippen molar-refractivity contribution in [3.05, 3.63) is 71.0 Å². The summed E-state index contributed by atoms with van der Waals surface area (Å²) in [7, 11) is 0. The van der Waals surface area contributed by atoms with E-state index in [-0.39, 0.29) is 23.7 Å². The number of carbonyl (C=O) groups excluding carboxylic acids is 1. The molecule has 28 heavy (non-hydrogen) atoms. The van der Waals surface area contributed by atoms with Gasteiger partial charge in [-0.05, 0) is 36.1 Å². The van der Waals surface area contributed by atoms with Gasteiger partial charge in [0.05, 0.1) is 12.3 Å². The summed E-state index contributed by atoms with van der Waals surface area (Å²) in [5, 5.41) is 4.26. The Bertz CT molecular complexity index is 863. The third-order valence-electron chi connectivity index (χ3n) is 4.81. The molecule has 1 atom stereocenters. The Morgan fingerprint density at radius 3 is 2.75 bits per heavy atom. The average Bonchev–Trinajstić information content (AvgIpc) is 3.09. The molecule has 0 saturated carbocycles. The highest BCUT2D eigenvalue weighted by Crippen LogP contribution is 2.21. The molecule has 3 rings (SSSR count). The molecule has 1 amide bonds. The lowest BCUT2D eigenvalue weighted by molar-refractivity contribution is -0.134. The molecule has 1 heterocycles. The van der Waals surface area contributed by atoms with Crippen molar-refractivity contribution in [3.8, 4) is 0 Å². The van der Waals surface area contributed by atoms with E-state index in [4.69, 9.17) is 4.84 Å². The van der Waals surface area contributed by atoms with Crippen LogP contribution in [-0.2, 0) is 16.2 Å². The molecule has 0 aromatic heterocycles. The molecule has 148 valence electrons. The monoisotopic (exact) mass is 382 g/mol. The van der Waals surface area contributed by atoms with Crippen LogP contribution in [0.2, 0.25) is 0 Å². The highest BCUT2D eigenvalue weighted by atomic mass is 19.1. The number of aryl methyl sites for hydroxylation is 1. The molecule has 0 radical (unpaired) electrons. The van der Waals surface area contributed by atoms with E-state index < -0.39 is 0 Å². The van der Waals surface area contributed by atoms with Crippen LogP contribution in [0, 0.1) is 18.7 Å². The number of rotatable bonds is 7. The summed E-state index contributed by atoms with van der Waals surface area (Å²) < 4.78 is 13.6. The van der Waals surface area contributed by atoms with Crippen LogP contribution in [0.1, 0.15) is 43.4 Å². The molecule has 1 aliphatic rings. The topological polar surface area (TPSA) is 41.9 Å². The van der Waals surface area contributed by atoms with Crippen LogP contribution in [0.4, 0.5) is 4.39 Å². The normalized spacial score (nSPS) is 16.0. The van der Waals surface area contributed by atoms with Gasteiger partial charge in [-0.3, -0.25) is 4.79 Å². The summed E-state index contributed by atoms with van der Waals surface area (Å²) in [4.78, 5) is 20.2. The number of amides is 1. The molecule has 2 aromatic carbocycles. The Morgan fingerprint density at radius 2 is 2.04 bits per heavy atom. The Hall–Kier alpha value is -2.69. The van der Waals surface area contributed by atoms with Crippen molar-refractivity contribution in [3.63, 3.8) is 0 Å². The minimum Gasteiger partial charge on any atom is -0.390 e. The van der Waals surface area contributed by atoms with Gasteiger partial charge in [0.1, 0.15) is 5.82 Å². The lowest BCUT2D eigenvalue weighted by Crippen LogP contribution is -2.37. The predicted molar refractivity (Wildman–Crippen MR) is 108 cm³/mol. The summed E-state index contributed by atoms with van der Waals surface area (Å²) in [6.45, 7) is 6.88. The summed E-state index contributed by atoms with van der Waals surface area (Å²) in [6.07, 6.45) is 0.909. The minimum atomic E-state index is -0.295. The Labute approximate surface area is 166 Å². The molecule has 0 fully saturated rings. The molecule has 0 unspecified atom stereocenters. The largest absolute Gasteiger partial charge is 0.390 e. The summed E-state index contributed by atoms with van der Waals surface area (Å²) in [6, 6.07) is 14.5. The average molecular weight is 382 g/mol. The van der Waals surface area contributed by atoms with Gasteiger partial charge in [0, 0.05) is 24.9 Å². The number of halogens is 1. The Kier molecular flexibility index (Phi) is 6.45. The van der Waals surface area contributed by atoms with Crippen LogP contribution >= 0.6 is 0 Å². The number of benzene rings is 2. The molecule has 1 aliphatic heterocycles. The van der Waals surface area contributed by atoms with Crippen molar-refractivity contribution in [2.75, 3.05) is 6.54 Å². The van der Waals surface area contributed by atoms with Crippen LogP contribution in [0.5, 0.6) is 0 Å². The zero-order chi connectivity index (χ0) is 20.1. The molecule has 0 saturated heterocycles. The van der Waals surface area contributed by atoms with E-state index in [2.05, 4.69) is 5.16 Å². The van der Waals surface area contributed by atoms with E-state index in [9.17, 15) is 9.18 Å². The van der Waals surface area contributed by atoms with Crippen molar-refractivity contribution >= 4 is 11.6 Å². The first-order valence-electron chi connectivity index (χ1n) is 9.73. The molecule has 4 nitrogen and oxygen atoms in total. The highest BCUT2D eigenvalue weighted by molar-refractivity contribution is 6.02. The van der Waals surface area contributed by atoms with Crippen molar-refractivity contribution in [2.24, 2.45) is 11.1 Å². The van der Waals surface area contributed by atoms with Crippen molar-refractivity contribution in [1.82, 2.24) is 4.90 Å². The number of hydrogen-bond donors (Lipinski definition) is 0. The minimum absolute atomic E-state index is 0.0483. The summed E-state index contributed by atoms with van der Waals surface area (Å²) in [5.74, 6) is 0.00837. The van der Waals surface area contributed by atoms with Crippen LogP contribution in [-0.4, -0.2) is 29.2 Å². The highest BCUT2D eigenvalue weighted by Gasteiger charge is 2.27. The standard InChI is InChI=1S/C23H27FN2O2/c1-16(2)11-23(27)26(14-18-8-6-9-19(24)12-18)15-20-13-22(25-28-20)21-10-5-4-7-17(21)3/h4-10,12,16,20H,11,13-15H2,1-3H3/t20-/m1/s1. The number of oxime groups is 1. The van der Waals surface area contributed by atoms with Gasteiger partial charge >= 0.3 is 0 Å².